The van der Waals surface area contributed by atoms with Crippen LogP contribution in [-0.2, 0) is 16.1 Å². The van der Waals surface area contributed by atoms with Crippen LogP contribution < -0.4 is 10.6 Å². The van der Waals surface area contributed by atoms with Crippen LogP contribution in [-0.4, -0.2) is 42.4 Å². The molecule has 1 aliphatic rings. The second kappa shape index (κ2) is 10.4. The van der Waals surface area contributed by atoms with Gasteiger partial charge in [0.05, 0.1) is 19.0 Å². The maximum absolute atomic E-state index is 12.3. The topological polar surface area (TPSA) is 61.4 Å². The largest absolute Gasteiger partial charge is 0.351 e. The molecule has 128 valence electrons. The molecule has 7 heteroatoms. The summed E-state index contributed by atoms with van der Waals surface area (Å²) in [5.41, 5.74) is 0. The van der Waals surface area contributed by atoms with E-state index in [1.54, 1.807) is 11.3 Å². The van der Waals surface area contributed by atoms with E-state index in [0.29, 0.717) is 13.1 Å². The third kappa shape index (κ3) is 6.33. The Labute approximate surface area is 147 Å². The van der Waals surface area contributed by atoms with E-state index in [1.807, 2.05) is 28.5 Å². The number of piperazine rings is 1. The third-order valence-electron chi connectivity index (χ3n) is 3.65. The first-order valence-electron chi connectivity index (χ1n) is 7.63. The molecule has 2 rings (SSSR count). The lowest BCUT2D eigenvalue weighted by atomic mass is 10.1. The lowest BCUT2D eigenvalue weighted by Crippen LogP contribution is -2.56. The monoisotopic (exact) mass is 357 g/mol. The van der Waals surface area contributed by atoms with Gasteiger partial charge in [0.1, 0.15) is 0 Å². The quantitative estimate of drug-likeness (QED) is 0.552. The number of halogens is 1. The number of amides is 2. The summed E-state index contributed by atoms with van der Waals surface area (Å²) in [4.78, 5) is 27.3. The van der Waals surface area contributed by atoms with E-state index in [9.17, 15) is 9.59 Å². The number of nitrogens with zero attached hydrogens (tertiary/aromatic N) is 1. The molecular formula is C16H24ClN3O2S. The number of unbranched alkanes of at least 4 members (excludes halogenated alkanes) is 1. The standard InChI is InChI=1S/C16H23N3O2S.ClH/c1-2-3-4-8-19-9-7-17-14(16(19)21)11-15(20)18-12-13-6-5-10-22-13;/h2,5-6,10,14,17H,1,3-4,7-9,11-12H2,(H,18,20);1H. The van der Waals surface area contributed by atoms with Crippen molar-refractivity contribution in [1.29, 1.82) is 0 Å². The SMILES string of the molecule is C=CCCCN1CCNC(CC(=O)NCc2cccs2)C1=O.Cl. The van der Waals surface area contributed by atoms with Crippen molar-refractivity contribution < 1.29 is 9.59 Å². The van der Waals surface area contributed by atoms with Gasteiger partial charge in [-0.1, -0.05) is 12.1 Å². The fraction of sp³-hybridized carbons (Fsp3) is 0.500. The first-order valence-corrected chi connectivity index (χ1v) is 8.51. The number of hydrogen-bond donors (Lipinski definition) is 2. The highest BCUT2D eigenvalue weighted by Crippen LogP contribution is 2.09. The van der Waals surface area contributed by atoms with E-state index in [0.717, 1.165) is 30.8 Å². The third-order valence-corrected chi connectivity index (χ3v) is 4.52. The van der Waals surface area contributed by atoms with Crippen molar-refractivity contribution in [3.8, 4) is 0 Å². The van der Waals surface area contributed by atoms with Gasteiger partial charge in [-0.05, 0) is 24.3 Å². The second-order valence-corrected chi connectivity index (χ2v) is 6.36. The highest BCUT2D eigenvalue weighted by molar-refractivity contribution is 7.09. The molecule has 0 bridgehead atoms. The molecule has 1 aromatic rings. The smallest absolute Gasteiger partial charge is 0.240 e. The summed E-state index contributed by atoms with van der Waals surface area (Å²) in [5, 5.41) is 7.99. The van der Waals surface area contributed by atoms with Crippen LogP contribution >= 0.6 is 23.7 Å². The van der Waals surface area contributed by atoms with Gasteiger partial charge < -0.3 is 15.5 Å². The van der Waals surface area contributed by atoms with Crippen LogP contribution in [0.4, 0.5) is 0 Å². The van der Waals surface area contributed by atoms with E-state index in [1.165, 1.54) is 0 Å². The molecular weight excluding hydrogens is 334 g/mol. The number of allylic oxidation sites excluding steroid dienone is 1. The summed E-state index contributed by atoms with van der Waals surface area (Å²) in [6.45, 7) is 6.40. The first kappa shape index (κ1) is 19.7. The van der Waals surface area contributed by atoms with Crippen LogP contribution in [0.2, 0.25) is 0 Å². The normalized spacial score (nSPS) is 17.5. The van der Waals surface area contributed by atoms with Gasteiger partial charge in [0.15, 0.2) is 0 Å². The summed E-state index contributed by atoms with van der Waals surface area (Å²) in [6, 6.07) is 3.54. The maximum Gasteiger partial charge on any atom is 0.240 e. The van der Waals surface area contributed by atoms with Crippen molar-refractivity contribution in [2.75, 3.05) is 19.6 Å². The molecule has 1 aliphatic heterocycles. The molecule has 1 aromatic heterocycles. The summed E-state index contributed by atoms with van der Waals surface area (Å²) >= 11 is 1.61. The number of nitrogens with one attached hydrogen (secondary N) is 2. The average molecular weight is 358 g/mol. The Kier molecular flexibility index (Phi) is 8.91. The predicted molar refractivity (Wildman–Crippen MR) is 95.8 cm³/mol. The van der Waals surface area contributed by atoms with Crippen LogP contribution in [0.15, 0.2) is 30.2 Å². The minimum Gasteiger partial charge on any atom is -0.351 e. The molecule has 1 fully saturated rings. The number of carbonyl (C=O) groups excluding carboxylic acids is 2. The van der Waals surface area contributed by atoms with Crippen molar-refractivity contribution in [2.45, 2.75) is 31.8 Å². The van der Waals surface area contributed by atoms with Crippen LogP contribution in [0.5, 0.6) is 0 Å². The summed E-state index contributed by atoms with van der Waals surface area (Å²) in [6.07, 6.45) is 3.89. The number of thiophene rings is 1. The van der Waals surface area contributed by atoms with Crippen molar-refractivity contribution in [2.24, 2.45) is 0 Å². The van der Waals surface area contributed by atoms with E-state index >= 15 is 0 Å². The Balaban J connectivity index is 0.00000264. The summed E-state index contributed by atoms with van der Waals surface area (Å²) < 4.78 is 0. The molecule has 0 spiro atoms. The molecule has 0 radical (unpaired) electrons. The van der Waals surface area contributed by atoms with Crippen LogP contribution in [0.1, 0.15) is 24.1 Å². The summed E-state index contributed by atoms with van der Waals surface area (Å²) in [5.74, 6) is -0.0613. The molecule has 0 aromatic carbocycles. The lowest BCUT2D eigenvalue weighted by molar-refractivity contribution is -0.138. The van der Waals surface area contributed by atoms with Gasteiger partial charge in [-0.25, -0.2) is 0 Å². The molecule has 0 aliphatic carbocycles. The van der Waals surface area contributed by atoms with Crippen LogP contribution in [0.3, 0.4) is 0 Å². The molecule has 1 unspecified atom stereocenters. The predicted octanol–water partition coefficient (Wildman–Crippen LogP) is 1.94. The lowest BCUT2D eigenvalue weighted by Gasteiger charge is -2.33. The van der Waals surface area contributed by atoms with Gasteiger partial charge >= 0.3 is 0 Å². The van der Waals surface area contributed by atoms with Crippen LogP contribution in [0.25, 0.3) is 0 Å². The molecule has 1 saturated heterocycles. The van der Waals surface area contributed by atoms with E-state index in [-0.39, 0.29) is 30.6 Å². The summed E-state index contributed by atoms with van der Waals surface area (Å²) in [7, 11) is 0. The molecule has 0 saturated carbocycles. The van der Waals surface area contributed by atoms with Crippen molar-refractivity contribution in [3.63, 3.8) is 0 Å². The Hall–Kier alpha value is -1.37. The van der Waals surface area contributed by atoms with E-state index in [2.05, 4.69) is 17.2 Å². The number of hydrogen-bond acceptors (Lipinski definition) is 4. The van der Waals surface area contributed by atoms with E-state index in [4.69, 9.17) is 0 Å². The fourth-order valence-electron chi connectivity index (χ4n) is 2.46. The minimum atomic E-state index is -0.402. The Bertz CT molecular complexity index is 507. The van der Waals surface area contributed by atoms with Gasteiger partial charge in [0.25, 0.3) is 0 Å². The zero-order chi connectivity index (χ0) is 15.8. The highest BCUT2D eigenvalue weighted by Gasteiger charge is 2.29. The van der Waals surface area contributed by atoms with Gasteiger partial charge in [-0.15, -0.1) is 30.3 Å². The van der Waals surface area contributed by atoms with Crippen molar-refractivity contribution in [1.82, 2.24) is 15.5 Å². The molecule has 2 N–H and O–H groups in total. The zero-order valence-corrected chi connectivity index (χ0v) is 14.8. The molecule has 2 heterocycles. The van der Waals surface area contributed by atoms with Crippen molar-refractivity contribution in [3.05, 3.63) is 35.0 Å². The fourth-order valence-corrected chi connectivity index (χ4v) is 3.10. The second-order valence-electron chi connectivity index (χ2n) is 5.32. The molecule has 5 nitrogen and oxygen atoms in total. The Morgan fingerprint density at radius 2 is 2.39 bits per heavy atom. The maximum atomic E-state index is 12.3. The Morgan fingerprint density at radius 3 is 3.09 bits per heavy atom. The van der Waals surface area contributed by atoms with Gasteiger partial charge in [0.2, 0.25) is 11.8 Å². The zero-order valence-electron chi connectivity index (χ0n) is 13.1. The average Bonchev–Trinajstić information content (AvgIpc) is 3.02. The van der Waals surface area contributed by atoms with Gasteiger partial charge in [0, 0.05) is 24.5 Å². The first-order chi connectivity index (χ1) is 10.7. The van der Waals surface area contributed by atoms with Gasteiger partial charge in [-0.3, -0.25) is 9.59 Å². The highest BCUT2D eigenvalue weighted by atomic mass is 35.5. The molecule has 2 amide bonds. The molecule has 23 heavy (non-hydrogen) atoms. The van der Waals surface area contributed by atoms with Gasteiger partial charge in [-0.2, -0.15) is 0 Å². The minimum absolute atomic E-state index is 0. The van der Waals surface area contributed by atoms with E-state index < -0.39 is 6.04 Å². The number of rotatable bonds is 8. The number of carbonyl (C=O) groups is 2. The van der Waals surface area contributed by atoms with Crippen LogP contribution in [0, 0.1) is 0 Å². The van der Waals surface area contributed by atoms with Crippen molar-refractivity contribution >= 4 is 35.6 Å². The molecule has 1 atom stereocenters. The Morgan fingerprint density at radius 1 is 1.57 bits per heavy atom.